The molecule has 0 saturated heterocycles. The van der Waals surface area contributed by atoms with Crippen LogP contribution in [0.15, 0.2) is 66.7 Å². The summed E-state index contributed by atoms with van der Waals surface area (Å²) in [6.07, 6.45) is 0.553. The highest BCUT2D eigenvalue weighted by atomic mass is 35.5. The van der Waals surface area contributed by atoms with Gasteiger partial charge >= 0.3 is 0 Å². The van der Waals surface area contributed by atoms with Crippen molar-refractivity contribution in [3.63, 3.8) is 0 Å². The molecule has 6 heteroatoms. The van der Waals surface area contributed by atoms with E-state index in [0.29, 0.717) is 28.9 Å². The lowest BCUT2D eigenvalue weighted by Crippen LogP contribution is -2.02. The molecule has 156 valence electrons. The molecule has 3 aromatic carbocycles. The number of hydrogen-bond donors (Lipinski definition) is 2. The molecule has 0 atom stereocenters. The Bertz CT molecular complexity index is 1290. The highest BCUT2D eigenvalue weighted by molar-refractivity contribution is 6.32. The summed E-state index contributed by atoms with van der Waals surface area (Å²) >= 11 is 5.86. The van der Waals surface area contributed by atoms with E-state index in [1.54, 1.807) is 31.4 Å². The van der Waals surface area contributed by atoms with E-state index in [-0.39, 0.29) is 23.2 Å². The van der Waals surface area contributed by atoms with Crippen LogP contribution >= 0.6 is 11.6 Å². The molecule has 4 rings (SSSR count). The van der Waals surface area contributed by atoms with Gasteiger partial charge in [0.15, 0.2) is 5.78 Å². The largest absolute Gasteiger partial charge is 0.506 e. The molecule has 2 N–H and O–H groups in total. The van der Waals surface area contributed by atoms with Gasteiger partial charge in [-0.1, -0.05) is 35.9 Å². The van der Waals surface area contributed by atoms with E-state index < -0.39 is 0 Å². The van der Waals surface area contributed by atoms with Crippen LogP contribution < -0.4 is 4.74 Å². The van der Waals surface area contributed by atoms with E-state index in [0.717, 1.165) is 22.1 Å². The Kier molecular flexibility index (Phi) is 5.89. The number of phenols is 1. The maximum atomic E-state index is 13.0. The van der Waals surface area contributed by atoms with Gasteiger partial charge in [-0.2, -0.15) is 0 Å². The Morgan fingerprint density at radius 1 is 1.03 bits per heavy atom. The maximum absolute atomic E-state index is 13.0. The number of aliphatic hydroxyl groups is 1. The fourth-order valence-corrected chi connectivity index (χ4v) is 3.65. The number of aromatic hydroxyl groups is 1. The van der Waals surface area contributed by atoms with Gasteiger partial charge in [0.1, 0.15) is 5.75 Å². The van der Waals surface area contributed by atoms with Crippen molar-refractivity contribution in [2.75, 3.05) is 13.7 Å². The minimum absolute atomic E-state index is 0.0659. The zero-order valence-electron chi connectivity index (χ0n) is 16.8. The normalized spacial score (nSPS) is 10.9. The molecule has 0 aliphatic heterocycles. The smallest absolute Gasteiger partial charge is 0.214 e. The molecule has 4 aromatic rings. The SMILES string of the molecule is COc1cc(-c2cccc(CCO)c2)c2cc(C(=O)c3ccc(Cl)c(O)c3)ccc2n1. The number of carbonyl (C=O) groups is 1. The lowest BCUT2D eigenvalue weighted by atomic mass is 9.95. The Hall–Kier alpha value is -3.41. The quantitative estimate of drug-likeness (QED) is 0.416. The molecule has 0 unspecified atom stereocenters. The number of hydrogen-bond acceptors (Lipinski definition) is 5. The third kappa shape index (κ3) is 4.24. The first-order chi connectivity index (χ1) is 15.0. The molecular formula is C25H20ClNO4. The average Bonchev–Trinajstić information content (AvgIpc) is 2.79. The summed E-state index contributed by atoms with van der Waals surface area (Å²) in [5, 5.41) is 20.1. The summed E-state index contributed by atoms with van der Waals surface area (Å²) in [6.45, 7) is 0.0659. The van der Waals surface area contributed by atoms with Crippen LogP contribution in [0.3, 0.4) is 0 Å². The van der Waals surface area contributed by atoms with Gasteiger partial charge in [0, 0.05) is 29.2 Å². The number of nitrogens with zero attached hydrogens (tertiary/aromatic N) is 1. The molecular weight excluding hydrogens is 414 g/mol. The molecule has 0 fully saturated rings. The third-order valence-electron chi connectivity index (χ3n) is 5.10. The van der Waals surface area contributed by atoms with E-state index >= 15 is 0 Å². The number of benzene rings is 3. The van der Waals surface area contributed by atoms with Crippen LogP contribution in [0.25, 0.3) is 22.0 Å². The van der Waals surface area contributed by atoms with E-state index in [1.165, 1.54) is 12.1 Å². The van der Waals surface area contributed by atoms with Crippen LogP contribution in [0.1, 0.15) is 21.5 Å². The van der Waals surface area contributed by atoms with Gasteiger partial charge in [-0.25, -0.2) is 4.98 Å². The van der Waals surface area contributed by atoms with Gasteiger partial charge in [-0.15, -0.1) is 0 Å². The lowest BCUT2D eigenvalue weighted by Gasteiger charge is -2.12. The zero-order chi connectivity index (χ0) is 22.0. The van der Waals surface area contributed by atoms with Crippen molar-refractivity contribution in [2.24, 2.45) is 0 Å². The van der Waals surface area contributed by atoms with Gasteiger partial charge in [0.25, 0.3) is 0 Å². The number of phenolic OH excluding ortho intramolecular Hbond substituents is 1. The average molecular weight is 434 g/mol. The molecule has 0 radical (unpaired) electrons. The van der Waals surface area contributed by atoms with E-state index in [1.807, 2.05) is 30.3 Å². The van der Waals surface area contributed by atoms with E-state index in [2.05, 4.69) is 4.98 Å². The van der Waals surface area contributed by atoms with Crippen molar-refractivity contribution >= 4 is 28.3 Å². The number of fused-ring (bicyclic) bond motifs is 1. The number of ether oxygens (including phenoxy) is 1. The molecule has 5 nitrogen and oxygen atoms in total. The number of halogens is 1. The van der Waals surface area contributed by atoms with Crippen molar-refractivity contribution in [1.29, 1.82) is 0 Å². The van der Waals surface area contributed by atoms with Crippen molar-refractivity contribution < 1.29 is 19.7 Å². The number of aliphatic hydroxyl groups excluding tert-OH is 1. The molecule has 0 saturated carbocycles. The van der Waals surface area contributed by atoms with Crippen molar-refractivity contribution in [1.82, 2.24) is 4.98 Å². The first kappa shape index (κ1) is 20.8. The molecule has 1 heterocycles. The summed E-state index contributed by atoms with van der Waals surface area (Å²) in [7, 11) is 1.56. The molecule has 0 aliphatic rings. The minimum atomic E-state index is -0.232. The molecule has 0 amide bonds. The monoisotopic (exact) mass is 433 g/mol. The van der Waals surface area contributed by atoms with Crippen molar-refractivity contribution in [3.8, 4) is 22.8 Å². The van der Waals surface area contributed by atoms with Crippen LogP contribution in [-0.2, 0) is 6.42 Å². The Balaban J connectivity index is 1.86. The molecule has 0 bridgehead atoms. The summed E-state index contributed by atoms with van der Waals surface area (Å²) in [5.74, 6) is 0.0996. The van der Waals surface area contributed by atoms with Crippen LogP contribution in [-0.4, -0.2) is 34.7 Å². The van der Waals surface area contributed by atoms with Crippen LogP contribution in [0.2, 0.25) is 5.02 Å². The number of aromatic nitrogens is 1. The fraction of sp³-hybridized carbons (Fsp3) is 0.120. The summed E-state index contributed by atoms with van der Waals surface area (Å²) in [6, 6.07) is 19.4. The molecule has 31 heavy (non-hydrogen) atoms. The van der Waals surface area contributed by atoms with Gasteiger partial charge in [-0.3, -0.25) is 4.79 Å². The number of ketones is 1. The van der Waals surface area contributed by atoms with Gasteiger partial charge < -0.3 is 14.9 Å². The standard InChI is InChI=1S/C25H20ClNO4/c1-31-24-14-19(16-4-2-3-15(11-16)9-10-28)20-12-17(6-8-22(20)27-24)25(30)18-5-7-21(26)23(29)13-18/h2-8,11-14,28-29H,9-10H2,1H3. The third-order valence-corrected chi connectivity index (χ3v) is 5.42. The van der Waals surface area contributed by atoms with Crippen molar-refractivity contribution in [3.05, 3.63) is 88.4 Å². The van der Waals surface area contributed by atoms with Crippen LogP contribution in [0.5, 0.6) is 11.6 Å². The number of rotatable bonds is 6. The Morgan fingerprint density at radius 2 is 1.81 bits per heavy atom. The first-order valence-corrected chi connectivity index (χ1v) is 10.1. The lowest BCUT2D eigenvalue weighted by molar-refractivity contribution is 0.103. The predicted molar refractivity (Wildman–Crippen MR) is 121 cm³/mol. The van der Waals surface area contributed by atoms with Crippen molar-refractivity contribution in [2.45, 2.75) is 6.42 Å². The van der Waals surface area contributed by atoms with E-state index in [9.17, 15) is 15.0 Å². The fourth-order valence-electron chi connectivity index (χ4n) is 3.53. The number of carbonyl (C=O) groups excluding carboxylic acids is 1. The summed E-state index contributed by atoms with van der Waals surface area (Å²) in [4.78, 5) is 17.5. The van der Waals surface area contributed by atoms with Crippen LogP contribution in [0, 0.1) is 0 Å². The second kappa shape index (κ2) is 8.76. The maximum Gasteiger partial charge on any atom is 0.214 e. The van der Waals surface area contributed by atoms with E-state index in [4.69, 9.17) is 16.3 Å². The zero-order valence-corrected chi connectivity index (χ0v) is 17.6. The minimum Gasteiger partial charge on any atom is -0.506 e. The topological polar surface area (TPSA) is 79.7 Å². The molecule has 0 spiro atoms. The molecule has 1 aromatic heterocycles. The first-order valence-electron chi connectivity index (χ1n) is 9.72. The highest BCUT2D eigenvalue weighted by Gasteiger charge is 2.15. The summed E-state index contributed by atoms with van der Waals surface area (Å²) in [5.41, 5.74) is 4.31. The second-order valence-electron chi connectivity index (χ2n) is 7.11. The van der Waals surface area contributed by atoms with Gasteiger partial charge in [-0.05, 0) is 59.5 Å². The second-order valence-corrected chi connectivity index (χ2v) is 7.52. The van der Waals surface area contributed by atoms with Crippen LogP contribution in [0.4, 0.5) is 0 Å². The Morgan fingerprint density at radius 3 is 2.55 bits per heavy atom. The number of methoxy groups -OCH3 is 1. The highest BCUT2D eigenvalue weighted by Crippen LogP contribution is 2.33. The molecule has 0 aliphatic carbocycles. The number of pyridine rings is 1. The summed E-state index contributed by atoms with van der Waals surface area (Å²) < 4.78 is 5.38. The Labute approximate surface area is 184 Å². The van der Waals surface area contributed by atoms with Gasteiger partial charge in [0.05, 0.1) is 17.6 Å². The van der Waals surface area contributed by atoms with Gasteiger partial charge in [0.2, 0.25) is 5.88 Å². The predicted octanol–water partition coefficient (Wildman–Crippen LogP) is 5.04.